The van der Waals surface area contributed by atoms with Crippen molar-refractivity contribution in [2.45, 2.75) is 57.7 Å². The van der Waals surface area contributed by atoms with Gasteiger partial charge in [-0.1, -0.05) is 0 Å². The van der Waals surface area contributed by atoms with Crippen LogP contribution < -0.4 is 5.32 Å². The summed E-state index contributed by atoms with van der Waals surface area (Å²) in [5.74, 6) is -1.12. The normalized spacial score (nSPS) is 27.2. The minimum Gasteiger partial charge on any atom is -0.369 e. The zero-order chi connectivity index (χ0) is 19.2. The Morgan fingerprint density at radius 1 is 1.19 bits per heavy atom. The summed E-state index contributed by atoms with van der Waals surface area (Å²) >= 11 is 0. The molecule has 1 saturated heterocycles. The first-order valence-corrected chi connectivity index (χ1v) is 9.60. The second-order valence-electron chi connectivity index (χ2n) is 7.70. The van der Waals surface area contributed by atoms with Gasteiger partial charge in [-0.25, -0.2) is 9.50 Å². The molecule has 27 heavy (non-hydrogen) atoms. The van der Waals surface area contributed by atoms with E-state index < -0.39 is 12.1 Å². The first-order chi connectivity index (χ1) is 12.8. The molecule has 0 spiro atoms. The monoisotopic (exact) mass is 382 g/mol. The van der Waals surface area contributed by atoms with Gasteiger partial charge < -0.3 is 10.1 Å². The second kappa shape index (κ2) is 7.05. The van der Waals surface area contributed by atoms with Gasteiger partial charge in [0.25, 0.3) is 0 Å². The molecule has 0 radical (unpaired) electrons. The standard InChI is InChI=1S/C19H25F3N4O/c1-11-12(2)24-17-9-15(13-3-5-14(6-4-13)19(20,21)22)25-26(17)18(11)16-10-23-7-8-27-16/h9,13-14,16,23H,3-8,10H2,1-2H3/t13-,14-,16-/m1/s1. The van der Waals surface area contributed by atoms with Crippen molar-refractivity contribution in [2.24, 2.45) is 5.92 Å². The molecule has 8 heteroatoms. The van der Waals surface area contributed by atoms with E-state index in [9.17, 15) is 13.2 Å². The largest absolute Gasteiger partial charge is 0.391 e. The molecule has 2 aromatic heterocycles. The first-order valence-electron chi connectivity index (χ1n) is 9.60. The number of aryl methyl sites for hydroxylation is 1. The summed E-state index contributed by atoms with van der Waals surface area (Å²) in [6.45, 7) is 6.17. The highest BCUT2D eigenvalue weighted by Gasteiger charge is 2.42. The number of alkyl halides is 3. The Hall–Kier alpha value is -1.67. The van der Waals surface area contributed by atoms with Crippen molar-refractivity contribution in [2.75, 3.05) is 19.7 Å². The maximum atomic E-state index is 12.9. The molecule has 1 atom stereocenters. The Morgan fingerprint density at radius 3 is 2.56 bits per heavy atom. The van der Waals surface area contributed by atoms with Crippen LogP contribution in [-0.4, -0.2) is 40.5 Å². The summed E-state index contributed by atoms with van der Waals surface area (Å²) < 4.78 is 46.6. The number of hydrogen-bond acceptors (Lipinski definition) is 4. The number of fused-ring (bicyclic) bond motifs is 1. The predicted molar refractivity (Wildman–Crippen MR) is 94.8 cm³/mol. The lowest BCUT2D eigenvalue weighted by atomic mass is 9.80. The Balaban J connectivity index is 1.64. The van der Waals surface area contributed by atoms with Crippen LogP contribution in [0.2, 0.25) is 0 Å². The van der Waals surface area contributed by atoms with E-state index in [1.165, 1.54) is 0 Å². The molecule has 5 nitrogen and oxygen atoms in total. The van der Waals surface area contributed by atoms with Crippen molar-refractivity contribution in [3.8, 4) is 0 Å². The molecule has 0 bridgehead atoms. The zero-order valence-corrected chi connectivity index (χ0v) is 15.6. The van der Waals surface area contributed by atoms with Crippen molar-refractivity contribution in [1.29, 1.82) is 0 Å². The molecule has 0 aromatic carbocycles. The summed E-state index contributed by atoms with van der Waals surface area (Å²) in [6, 6.07) is 1.94. The van der Waals surface area contributed by atoms with Crippen LogP contribution in [0.3, 0.4) is 0 Å². The SMILES string of the molecule is Cc1nc2cc([C@H]3CC[C@H](C(F)(F)F)CC3)nn2c([C@H]2CNCCO2)c1C. The lowest BCUT2D eigenvalue weighted by Gasteiger charge is -2.28. The molecule has 148 valence electrons. The smallest absolute Gasteiger partial charge is 0.369 e. The lowest BCUT2D eigenvalue weighted by Crippen LogP contribution is -2.35. The van der Waals surface area contributed by atoms with Gasteiger partial charge in [-0.2, -0.15) is 18.3 Å². The van der Waals surface area contributed by atoms with Gasteiger partial charge in [0.15, 0.2) is 5.65 Å². The maximum absolute atomic E-state index is 12.9. The number of hydrogen-bond donors (Lipinski definition) is 1. The van der Waals surface area contributed by atoms with Crippen LogP contribution in [0.4, 0.5) is 13.2 Å². The van der Waals surface area contributed by atoms with Gasteiger partial charge in [0.1, 0.15) is 6.10 Å². The first kappa shape index (κ1) is 18.7. The van der Waals surface area contributed by atoms with Gasteiger partial charge in [-0.15, -0.1) is 0 Å². The molecule has 1 saturated carbocycles. The zero-order valence-electron chi connectivity index (χ0n) is 15.6. The van der Waals surface area contributed by atoms with E-state index in [-0.39, 0.29) is 24.9 Å². The van der Waals surface area contributed by atoms with Gasteiger partial charge in [-0.3, -0.25) is 0 Å². The third-order valence-corrected chi connectivity index (χ3v) is 5.99. The van der Waals surface area contributed by atoms with E-state index in [1.54, 1.807) is 0 Å². The van der Waals surface area contributed by atoms with Gasteiger partial charge in [0, 0.05) is 30.8 Å². The average Bonchev–Trinajstić information content (AvgIpc) is 3.06. The topological polar surface area (TPSA) is 51.5 Å². The Kier molecular flexibility index (Phi) is 4.88. The van der Waals surface area contributed by atoms with Crippen LogP contribution in [0, 0.1) is 19.8 Å². The third kappa shape index (κ3) is 3.57. The van der Waals surface area contributed by atoms with E-state index in [0.29, 0.717) is 26.0 Å². The predicted octanol–water partition coefficient (Wildman–Crippen LogP) is 3.84. The summed E-state index contributed by atoms with van der Waals surface area (Å²) in [4.78, 5) is 4.64. The molecular weight excluding hydrogens is 357 g/mol. The second-order valence-corrected chi connectivity index (χ2v) is 7.70. The minimum atomic E-state index is -4.09. The van der Waals surface area contributed by atoms with Crippen molar-refractivity contribution in [3.63, 3.8) is 0 Å². The fraction of sp³-hybridized carbons (Fsp3) is 0.684. The molecule has 3 heterocycles. The number of nitrogens with one attached hydrogen (secondary N) is 1. The molecule has 1 aliphatic carbocycles. The van der Waals surface area contributed by atoms with E-state index >= 15 is 0 Å². The number of aromatic nitrogens is 3. The molecule has 0 unspecified atom stereocenters. The summed E-state index contributed by atoms with van der Waals surface area (Å²) in [5, 5.41) is 8.11. The summed E-state index contributed by atoms with van der Waals surface area (Å²) in [5.41, 5.74) is 4.55. The van der Waals surface area contributed by atoms with Crippen molar-refractivity contribution in [3.05, 3.63) is 28.7 Å². The minimum absolute atomic E-state index is 0.0594. The summed E-state index contributed by atoms with van der Waals surface area (Å²) in [7, 11) is 0. The van der Waals surface area contributed by atoms with Crippen LogP contribution in [0.1, 0.15) is 60.4 Å². The van der Waals surface area contributed by atoms with Gasteiger partial charge in [0.2, 0.25) is 0 Å². The highest BCUT2D eigenvalue weighted by atomic mass is 19.4. The van der Waals surface area contributed by atoms with Crippen LogP contribution in [0.5, 0.6) is 0 Å². The molecule has 2 aliphatic rings. The van der Waals surface area contributed by atoms with Crippen LogP contribution in [0.25, 0.3) is 5.65 Å². The molecular formula is C19H25F3N4O. The number of rotatable bonds is 2. The number of ether oxygens (including phenoxy) is 1. The summed E-state index contributed by atoms with van der Waals surface area (Å²) in [6.07, 6.45) is -2.80. The molecule has 4 rings (SSSR count). The number of halogens is 3. The Labute approximate surface area is 156 Å². The molecule has 0 amide bonds. The molecule has 2 fully saturated rings. The fourth-order valence-corrected chi connectivity index (χ4v) is 4.28. The molecule has 1 N–H and O–H groups in total. The van der Waals surface area contributed by atoms with Crippen molar-refractivity contribution >= 4 is 5.65 Å². The van der Waals surface area contributed by atoms with Gasteiger partial charge >= 0.3 is 6.18 Å². The van der Waals surface area contributed by atoms with Gasteiger partial charge in [-0.05, 0) is 45.1 Å². The fourth-order valence-electron chi connectivity index (χ4n) is 4.28. The average molecular weight is 382 g/mol. The van der Waals surface area contributed by atoms with Crippen molar-refractivity contribution in [1.82, 2.24) is 19.9 Å². The van der Waals surface area contributed by atoms with Crippen LogP contribution >= 0.6 is 0 Å². The third-order valence-electron chi connectivity index (χ3n) is 5.99. The van der Waals surface area contributed by atoms with Crippen molar-refractivity contribution < 1.29 is 17.9 Å². The highest BCUT2D eigenvalue weighted by molar-refractivity contribution is 5.46. The van der Waals surface area contributed by atoms with E-state index in [0.717, 1.165) is 34.8 Å². The van der Waals surface area contributed by atoms with E-state index in [1.807, 2.05) is 24.4 Å². The Morgan fingerprint density at radius 2 is 1.93 bits per heavy atom. The van der Waals surface area contributed by atoms with E-state index in [4.69, 9.17) is 9.84 Å². The number of nitrogens with zero attached hydrogens (tertiary/aromatic N) is 3. The Bertz CT molecular complexity index is 818. The number of morpholine rings is 1. The van der Waals surface area contributed by atoms with Gasteiger partial charge in [0.05, 0.1) is 23.9 Å². The van der Waals surface area contributed by atoms with Crippen LogP contribution in [0.15, 0.2) is 6.07 Å². The highest BCUT2D eigenvalue weighted by Crippen LogP contribution is 2.42. The lowest BCUT2D eigenvalue weighted by molar-refractivity contribution is -0.182. The molecule has 1 aliphatic heterocycles. The molecule has 2 aromatic rings. The van der Waals surface area contributed by atoms with E-state index in [2.05, 4.69) is 10.3 Å². The maximum Gasteiger partial charge on any atom is 0.391 e. The van der Waals surface area contributed by atoms with Crippen LogP contribution in [-0.2, 0) is 4.74 Å². The quantitative estimate of drug-likeness (QED) is 0.857.